The Hall–Kier alpha value is -1.87. The van der Waals surface area contributed by atoms with Gasteiger partial charge in [0, 0.05) is 18.9 Å². The van der Waals surface area contributed by atoms with Crippen molar-refractivity contribution in [2.24, 2.45) is 5.73 Å². The van der Waals surface area contributed by atoms with Gasteiger partial charge in [0.2, 0.25) is 0 Å². The molecule has 0 aliphatic heterocycles. The number of aromatic nitrogens is 1. The van der Waals surface area contributed by atoms with Crippen LogP contribution in [0.2, 0.25) is 0 Å². The fourth-order valence-corrected chi connectivity index (χ4v) is 1.59. The van der Waals surface area contributed by atoms with Crippen molar-refractivity contribution in [3.05, 3.63) is 59.9 Å². The zero-order valence-electron chi connectivity index (χ0n) is 9.22. The molecule has 0 aliphatic carbocycles. The number of rotatable bonds is 3. The van der Waals surface area contributed by atoms with Gasteiger partial charge in [-0.3, -0.25) is 4.98 Å². The summed E-state index contributed by atoms with van der Waals surface area (Å²) in [5.74, 6) is 0. The number of anilines is 1. The quantitative estimate of drug-likeness (QED) is 0.821. The molecular weight excluding hydrogens is 198 g/mol. The molecule has 0 saturated heterocycles. The molecule has 1 atom stereocenters. The number of hydrogen-bond donors (Lipinski definition) is 2. The lowest BCUT2D eigenvalue weighted by Crippen LogP contribution is -2.13. The number of pyridine rings is 1. The van der Waals surface area contributed by atoms with Crippen LogP contribution in [-0.4, -0.2) is 12.0 Å². The summed E-state index contributed by atoms with van der Waals surface area (Å²) in [6.45, 7) is 0. The highest BCUT2D eigenvalue weighted by Crippen LogP contribution is 2.19. The molecule has 0 fully saturated rings. The molecule has 1 unspecified atom stereocenters. The molecule has 0 radical (unpaired) electrons. The Morgan fingerprint density at radius 3 is 2.44 bits per heavy atom. The SMILES string of the molecule is CNc1ccc(C(N)c2ccccn2)cc1. The maximum atomic E-state index is 6.12. The molecule has 0 aliphatic rings. The predicted molar refractivity (Wildman–Crippen MR) is 66.3 cm³/mol. The average Bonchev–Trinajstić information content (AvgIpc) is 2.39. The average molecular weight is 213 g/mol. The third kappa shape index (κ3) is 2.20. The molecule has 82 valence electrons. The van der Waals surface area contributed by atoms with E-state index in [1.165, 1.54) is 0 Å². The van der Waals surface area contributed by atoms with Crippen molar-refractivity contribution in [3.63, 3.8) is 0 Å². The first kappa shape index (κ1) is 10.6. The van der Waals surface area contributed by atoms with Gasteiger partial charge in [0.25, 0.3) is 0 Å². The summed E-state index contributed by atoms with van der Waals surface area (Å²) in [4.78, 5) is 4.26. The Kier molecular flexibility index (Phi) is 3.17. The Labute approximate surface area is 95.3 Å². The van der Waals surface area contributed by atoms with Gasteiger partial charge < -0.3 is 11.1 Å². The first-order chi connectivity index (χ1) is 7.81. The van der Waals surface area contributed by atoms with Gasteiger partial charge in [-0.25, -0.2) is 0 Å². The molecule has 1 heterocycles. The van der Waals surface area contributed by atoms with E-state index in [0.29, 0.717) is 0 Å². The van der Waals surface area contributed by atoms with E-state index in [1.807, 2.05) is 49.5 Å². The number of nitrogens with one attached hydrogen (secondary N) is 1. The molecular formula is C13H15N3. The fourth-order valence-electron chi connectivity index (χ4n) is 1.59. The minimum Gasteiger partial charge on any atom is -0.388 e. The lowest BCUT2D eigenvalue weighted by molar-refractivity contribution is 0.829. The van der Waals surface area contributed by atoms with Crippen LogP contribution in [0, 0.1) is 0 Å². The molecule has 3 heteroatoms. The normalized spacial score (nSPS) is 12.1. The number of nitrogens with zero attached hydrogens (tertiary/aromatic N) is 1. The Morgan fingerprint density at radius 2 is 1.88 bits per heavy atom. The minimum atomic E-state index is -0.160. The van der Waals surface area contributed by atoms with Crippen LogP contribution < -0.4 is 11.1 Å². The molecule has 0 saturated carbocycles. The van der Waals surface area contributed by atoms with Gasteiger partial charge in [-0.05, 0) is 29.8 Å². The second-order valence-electron chi connectivity index (χ2n) is 3.60. The van der Waals surface area contributed by atoms with Crippen molar-refractivity contribution >= 4 is 5.69 Å². The van der Waals surface area contributed by atoms with Crippen LogP contribution in [0.25, 0.3) is 0 Å². The van der Waals surface area contributed by atoms with E-state index in [-0.39, 0.29) is 6.04 Å². The lowest BCUT2D eigenvalue weighted by Gasteiger charge is -2.11. The molecule has 0 amide bonds. The highest BCUT2D eigenvalue weighted by atomic mass is 14.8. The lowest BCUT2D eigenvalue weighted by atomic mass is 10.0. The van der Waals surface area contributed by atoms with Crippen molar-refractivity contribution in [2.45, 2.75) is 6.04 Å². The van der Waals surface area contributed by atoms with Crippen molar-refractivity contribution < 1.29 is 0 Å². The van der Waals surface area contributed by atoms with E-state index in [2.05, 4.69) is 10.3 Å². The maximum Gasteiger partial charge on any atom is 0.0726 e. The maximum absolute atomic E-state index is 6.12. The van der Waals surface area contributed by atoms with Crippen molar-refractivity contribution in [1.29, 1.82) is 0 Å². The van der Waals surface area contributed by atoms with E-state index in [9.17, 15) is 0 Å². The molecule has 16 heavy (non-hydrogen) atoms. The molecule has 2 aromatic rings. The van der Waals surface area contributed by atoms with E-state index in [0.717, 1.165) is 16.9 Å². The largest absolute Gasteiger partial charge is 0.388 e. The van der Waals surface area contributed by atoms with Gasteiger partial charge in [-0.15, -0.1) is 0 Å². The van der Waals surface area contributed by atoms with Crippen LogP contribution >= 0.6 is 0 Å². The Morgan fingerprint density at radius 1 is 1.12 bits per heavy atom. The molecule has 0 spiro atoms. The van der Waals surface area contributed by atoms with Crippen molar-refractivity contribution in [1.82, 2.24) is 4.98 Å². The Balaban J connectivity index is 2.24. The van der Waals surface area contributed by atoms with Crippen molar-refractivity contribution in [2.75, 3.05) is 12.4 Å². The van der Waals surface area contributed by atoms with Gasteiger partial charge in [-0.2, -0.15) is 0 Å². The molecule has 3 N–H and O–H groups in total. The standard InChI is InChI=1S/C13H15N3/c1-15-11-7-5-10(6-8-11)13(14)12-4-2-3-9-16-12/h2-9,13,15H,14H2,1H3. The second-order valence-corrected chi connectivity index (χ2v) is 3.60. The number of nitrogens with two attached hydrogens (primary N) is 1. The zero-order valence-corrected chi connectivity index (χ0v) is 9.22. The van der Waals surface area contributed by atoms with Crippen LogP contribution in [0.5, 0.6) is 0 Å². The third-order valence-corrected chi connectivity index (χ3v) is 2.56. The monoisotopic (exact) mass is 213 g/mol. The number of hydrogen-bond acceptors (Lipinski definition) is 3. The summed E-state index contributed by atoms with van der Waals surface area (Å²) in [5.41, 5.74) is 9.16. The van der Waals surface area contributed by atoms with E-state index in [1.54, 1.807) is 6.20 Å². The third-order valence-electron chi connectivity index (χ3n) is 2.56. The predicted octanol–water partition coefficient (Wildman–Crippen LogP) is 2.17. The zero-order chi connectivity index (χ0) is 11.4. The summed E-state index contributed by atoms with van der Waals surface area (Å²) in [6.07, 6.45) is 1.76. The van der Waals surface area contributed by atoms with Gasteiger partial charge >= 0.3 is 0 Å². The van der Waals surface area contributed by atoms with Crippen LogP contribution in [-0.2, 0) is 0 Å². The molecule has 2 rings (SSSR count). The van der Waals surface area contributed by atoms with Crippen LogP contribution in [0.3, 0.4) is 0 Å². The molecule has 1 aromatic heterocycles. The fraction of sp³-hybridized carbons (Fsp3) is 0.154. The highest BCUT2D eigenvalue weighted by Gasteiger charge is 2.08. The van der Waals surface area contributed by atoms with Crippen LogP contribution in [0.15, 0.2) is 48.7 Å². The summed E-state index contributed by atoms with van der Waals surface area (Å²) in [7, 11) is 1.90. The first-order valence-electron chi connectivity index (χ1n) is 5.25. The van der Waals surface area contributed by atoms with Gasteiger partial charge in [0.05, 0.1) is 11.7 Å². The summed E-state index contributed by atoms with van der Waals surface area (Å²) < 4.78 is 0. The van der Waals surface area contributed by atoms with Gasteiger partial charge in [0.1, 0.15) is 0 Å². The minimum absolute atomic E-state index is 0.160. The molecule has 3 nitrogen and oxygen atoms in total. The van der Waals surface area contributed by atoms with E-state index in [4.69, 9.17) is 5.73 Å². The summed E-state index contributed by atoms with van der Waals surface area (Å²) in [6, 6.07) is 13.7. The van der Waals surface area contributed by atoms with Crippen LogP contribution in [0.4, 0.5) is 5.69 Å². The second kappa shape index (κ2) is 4.77. The number of benzene rings is 1. The van der Waals surface area contributed by atoms with Gasteiger partial charge in [0.15, 0.2) is 0 Å². The highest BCUT2D eigenvalue weighted by molar-refractivity contribution is 5.45. The summed E-state index contributed by atoms with van der Waals surface area (Å²) in [5, 5.41) is 3.08. The Bertz CT molecular complexity index is 436. The smallest absolute Gasteiger partial charge is 0.0726 e. The molecule has 1 aromatic carbocycles. The van der Waals surface area contributed by atoms with Crippen molar-refractivity contribution in [3.8, 4) is 0 Å². The first-order valence-corrected chi connectivity index (χ1v) is 5.25. The van der Waals surface area contributed by atoms with E-state index < -0.39 is 0 Å². The topological polar surface area (TPSA) is 50.9 Å². The molecule has 0 bridgehead atoms. The van der Waals surface area contributed by atoms with Gasteiger partial charge in [-0.1, -0.05) is 18.2 Å². The van der Waals surface area contributed by atoms with Crippen LogP contribution in [0.1, 0.15) is 17.3 Å². The summed E-state index contributed by atoms with van der Waals surface area (Å²) >= 11 is 0. The van der Waals surface area contributed by atoms with E-state index >= 15 is 0 Å².